The maximum Gasteiger partial charge on any atom is 0.0482 e. The van der Waals surface area contributed by atoms with Gasteiger partial charge in [0, 0.05) is 28.7 Å². The zero-order chi connectivity index (χ0) is 11.4. The normalized spacial score (nSPS) is 10.3. The minimum absolute atomic E-state index is 0.886. The first-order chi connectivity index (χ1) is 7.77. The van der Waals surface area contributed by atoms with Crippen LogP contribution < -0.4 is 5.73 Å². The Labute approximate surface area is 99.9 Å². The van der Waals surface area contributed by atoms with Crippen LogP contribution in [0, 0.1) is 6.92 Å². The molecular formula is C13H14N2S. The largest absolute Gasteiger partial charge is 0.398 e. The number of nitrogens with two attached hydrogens (primary N) is 1. The highest BCUT2D eigenvalue weighted by Crippen LogP contribution is 2.29. The van der Waals surface area contributed by atoms with Crippen molar-refractivity contribution in [3.8, 4) is 0 Å². The highest BCUT2D eigenvalue weighted by molar-refractivity contribution is 7.98. The molecule has 0 aliphatic rings. The maximum absolute atomic E-state index is 6.01. The van der Waals surface area contributed by atoms with E-state index in [2.05, 4.69) is 17.1 Å². The number of pyridine rings is 1. The number of hydrogen-bond acceptors (Lipinski definition) is 3. The summed E-state index contributed by atoms with van der Waals surface area (Å²) in [7, 11) is 0. The molecule has 1 heterocycles. The topological polar surface area (TPSA) is 38.9 Å². The molecule has 0 saturated carbocycles. The second-order valence-corrected chi connectivity index (χ2v) is 4.65. The van der Waals surface area contributed by atoms with Gasteiger partial charge < -0.3 is 5.73 Å². The Morgan fingerprint density at radius 1 is 1.25 bits per heavy atom. The molecule has 1 aromatic heterocycles. The van der Waals surface area contributed by atoms with Crippen LogP contribution in [0.3, 0.4) is 0 Å². The molecule has 0 aliphatic carbocycles. The summed E-state index contributed by atoms with van der Waals surface area (Å²) in [5.74, 6) is 0.904. The molecule has 82 valence electrons. The van der Waals surface area contributed by atoms with Gasteiger partial charge in [-0.1, -0.05) is 18.2 Å². The van der Waals surface area contributed by atoms with Gasteiger partial charge in [-0.25, -0.2) is 0 Å². The Bertz CT molecular complexity index is 469. The van der Waals surface area contributed by atoms with Crippen LogP contribution in [0.5, 0.6) is 0 Å². The molecular weight excluding hydrogens is 216 g/mol. The monoisotopic (exact) mass is 230 g/mol. The molecule has 0 fully saturated rings. The summed E-state index contributed by atoms with van der Waals surface area (Å²) < 4.78 is 0. The number of benzene rings is 1. The van der Waals surface area contributed by atoms with E-state index in [0.29, 0.717) is 0 Å². The predicted molar refractivity (Wildman–Crippen MR) is 69.4 cm³/mol. The lowest BCUT2D eigenvalue weighted by atomic mass is 10.2. The van der Waals surface area contributed by atoms with Crippen LogP contribution in [0.1, 0.15) is 11.1 Å². The van der Waals surface area contributed by atoms with E-state index < -0.39 is 0 Å². The first kappa shape index (κ1) is 11.0. The third kappa shape index (κ3) is 2.55. The average Bonchev–Trinajstić information content (AvgIpc) is 2.32. The fraction of sp³-hybridized carbons (Fsp3) is 0.154. The molecule has 0 atom stereocenters. The van der Waals surface area contributed by atoms with Crippen LogP contribution in [0.25, 0.3) is 0 Å². The number of anilines is 1. The van der Waals surface area contributed by atoms with Crippen molar-refractivity contribution in [2.24, 2.45) is 0 Å². The molecule has 3 heteroatoms. The van der Waals surface area contributed by atoms with Gasteiger partial charge in [0.15, 0.2) is 0 Å². The molecule has 0 unspecified atom stereocenters. The maximum atomic E-state index is 6.01. The summed E-state index contributed by atoms with van der Waals surface area (Å²) in [6.45, 7) is 2.03. The van der Waals surface area contributed by atoms with Gasteiger partial charge in [-0.3, -0.25) is 4.98 Å². The Morgan fingerprint density at radius 3 is 2.88 bits per heavy atom. The molecule has 0 radical (unpaired) electrons. The van der Waals surface area contributed by atoms with Crippen molar-refractivity contribution in [2.75, 3.05) is 5.73 Å². The second kappa shape index (κ2) is 5.03. The highest BCUT2D eigenvalue weighted by atomic mass is 32.2. The third-order valence-electron chi connectivity index (χ3n) is 2.40. The third-order valence-corrected chi connectivity index (χ3v) is 3.55. The van der Waals surface area contributed by atoms with E-state index >= 15 is 0 Å². The van der Waals surface area contributed by atoms with E-state index in [4.69, 9.17) is 5.73 Å². The fourth-order valence-corrected chi connectivity index (χ4v) is 2.41. The van der Waals surface area contributed by atoms with E-state index in [1.807, 2.05) is 31.3 Å². The van der Waals surface area contributed by atoms with Crippen LogP contribution in [0.2, 0.25) is 0 Å². The molecule has 2 N–H and O–H groups in total. The summed E-state index contributed by atoms with van der Waals surface area (Å²) in [5, 5.41) is 0. The van der Waals surface area contributed by atoms with Crippen molar-refractivity contribution in [1.29, 1.82) is 0 Å². The quantitative estimate of drug-likeness (QED) is 0.649. The first-order valence-electron chi connectivity index (χ1n) is 5.14. The van der Waals surface area contributed by atoms with Crippen LogP contribution in [-0.4, -0.2) is 4.98 Å². The number of thioether (sulfide) groups is 1. The van der Waals surface area contributed by atoms with Gasteiger partial charge in [0.05, 0.1) is 0 Å². The Balaban J connectivity index is 2.08. The molecule has 0 aliphatic heterocycles. The van der Waals surface area contributed by atoms with E-state index in [-0.39, 0.29) is 0 Å². The van der Waals surface area contributed by atoms with Gasteiger partial charge >= 0.3 is 0 Å². The zero-order valence-electron chi connectivity index (χ0n) is 9.18. The van der Waals surface area contributed by atoms with E-state index in [0.717, 1.165) is 21.9 Å². The smallest absolute Gasteiger partial charge is 0.0482 e. The zero-order valence-corrected chi connectivity index (χ0v) is 10.00. The molecule has 2 rings (SSSR count). The van der Waals surface area contributed by atoms with Gasteiger partial charge in [-0.2, -0.15) is 0 Å². The molecule has 2 aromatic rings. The number of aromatic nitrogens is 1. The van der Waals surface area contributed by atoms with Crippen molar-refractivity contribution >= 4 is 17.4 Å². The summed E-state index contributed by atoms with van der Waals surface area (Å²) in [6, 6.07) is 10.2. The van der Waals surface area contributed by atoms with Gasteiger partial charge in [0.2, 0.25) is 0 Å². The van der Waals surface area contributed by atoms with Gasteiger partial charge in [-0.05, 0) is 30.2 Å². The van der Waals surface area contributed by atoms with Crippen molar-refractivity contribution < 1.29 is 0 Å². The number of aryl methyl sites for hydroxylation is 1. The number of rotatable bonds is 3. The Morgan fingerprint density at radius 2 is 2.12 bits per heavy atom. The first-order valence-corrected chi connectivity index (χ1v) is 6.13. The number of nitrogen functional groups attached to an aromatic ring is 1. The average molecular weight is 230 g/mol. The van der Waals surface area contributed by atoms with Crippen molar-refractivity contribution in [1.82, 2.24) is 4.98 Å². The van der Waals surface area contributed by atoms with Crippen molar-refractivity contribution in [2.45, 2.75) is 17.6 Å². The van der Waals surface area contributed by atoms with Crippen LogP contribution in [0.4, 0.5) is 5.69 Å². The Kier molecular flexibility index (Phi) is 3.47. The molecule has 2 nitrogen and oxygen atoms in total. The van der Waals surface area contributed by atoms with Crippen LogP contribution >= 0.6 is 11.8 Å². The van der Waals surface area contributed by atoms with Crippen LogP contribution in [-0.2, 0) is 5.75 Å². The summed E-state index contributed by atoms with van der Waals surface area (Å²) in [6.07, 6.45) is 3.67. The Hall–Kier alpha value is -1.48. The molecule has 0 saturated heterocycles. The molecule has 0 spiro atoms. The molecule has 0 amide bonds. The van der Waals surface area contributed by atoms with Gasteiger partial charge in [-0.15, -0.1) is 11.8 Å². The summed E-state index contributed by atoms with van der Waals surface area (Å²) in [5.41, 5.74) is 9.25. The summed E-state index contributed by atoms with van der Waals surface area (Å²) >= 11 is 1.75. The number of hydrogen-bond donors (Lipinski definition) is 1. The molecule has 0 bridgehead atoms. The molecule has 1 aromatic carbocycles. The van der Waals surface area contributed by atoms with Crippen molar-refractivity contribution in [3.63, 3.8) is 0 Å². The van der Waals surface area contributed by atoms with E-state index in [9.17, 15) is 0 Å². The van der Waals surface area contributed by atoms with Crippen LogP contribution in [0.15, 0.2) is 47.6 Å². The highest BCUT2D eigenvalue weighted by Gasteiger charge is 2.02. The van der Waals surface area contributed by atoms with E-state index in [1.165, 1.54) is 5.56 Å². The second-order valence-electron chi connectivity index (χ2n) is 3.64. The lowest BCUT2D eigenvalue weighted by Gasteiger charge is -2.07. The predicted octanol–water partition coefficient (Wildman–Crippen LogP) is 3.26. The van der Waals surface area contributed by atoms with Gasteiger partial charge in [0.25, 0.3) is 0 Å². The minimum atomic E-state index is 0.886. The number of nitrogens with zero attached hydrogens (tertiary/aromatic N) is 1. The fourth-order valence-electron chi connectivity index (χ4n) is 1.42. The summed E-state index contributed by atoms with van der Waals surface area (Å²) in [4.78, 5) is 5.23. The standard InChI is InChI=1S/C13H14N2S/c1-10-4-2-6-12(13(10)14)16-9-11-5-3-7-15-8-11/h2-8H,9,14H2,1H3. The van der Waals surface area contributed by atoms with Crippen molar-refractivity contribution in [3.05, 3.63) is 53.9 Å². The SMILES string of the molecule is Cc1cccc(SCc2cccnc2)c1N. The minimum Gasteiger partial charge on any atom is -0.398 e. The lowest BCUT2D eigenvalue weighted by molar-refractivity contribution is 1.25. The lowest BCUT2D eigenvalue weighted by Crippen LogP contribution is -1.92. The number of para-hydroxylation sites is 1. The van der Waals surface area contributed by atoms with Gasteiger partial charge in [0.1, 0.15) is 0 Å². The van der Waals surface area contributed by atoms with E-state index in [1.54, 1.807) is 18.0 Å². The molecule has 16 heavy (non-hydrogen) atoms.